The minimum Gasteiger partial charge on any atom is -0.343 e. The molecule has 1 aromatic carbocycles. The van der Waals surface area contributed by atoms with Gasteiger partial charge >= 0.3 is 0 Å². The van der Waals surface area contributed by atoms with E-state index in [4.69, 9.17) is 17.3 Å². The molecule has 1 aliphatic heterocycles. The summed E-state index contributed by atoms with van der Waals surface area (Å²) in [5.41, 5.74) is 7.90. The third kappa shape index (κ3) is 2.68. The molecule has 0 spiro atoms. The van der Waals surface area contributed by atoms with Crippen molar-refractivity contribution < 1.29 is 0 Å². The first-order valence-corrected chi connectivity index (χ1v) is 6.98. The molecular weight excluding hydrogens is 284 g/mol. The molecule has 0 saturated heterocycles. The molecule has 21 heavy (non-hydrogen) atoms. The second-order valence-corrected chi connectivity index (χ2v) is 5.34. The van der Waals surface area contributed by atoms with Crippen molar-refractivity contribution in [1.82, 2.24) is 10.3 Å². The average molecular weight is 299 g/mol. The molecule has 4 nitrogen and oxygen atoms in total. The molecule has 1 unspecified atom stereocenters. The van der Waals surface area contributed by atoms with Crippen LogP contribution in [-0.2, 0) is 5.66 Å². The summed E-state index contributed by atoms with van der Waals surface area (Å²) >= 11 is 6.27. The third-order valence-electron chi connectivity index (χ3n) is 3.26. The molecular formula is C16H15ClN4. The Labute approximate surface area is 128 Å². The summed E-state index contributed by atoms with van der Waals surface area (Å²) in [5.74, 6) is 0.637. The van der Waals surface area contributed by atoms with E-state index in [1.54, 1.807) is 6.20 Å². The maximum atomic E-state index is 6.48. The molecule has 0 radical (unpaired) electrons. The standard InChI is InChI=1S/C16H15ClN4/c1-11-10-16(18,12-6-2-3-7-13(12)17)21-15(20-11)14-8-4-5-9-19-14/h2-10H,18H2,1H3,(H,20,21). The number of pyridine rings is 1. The fraction of sp³-hybridized carbons (Fsp3) is 0.125. The number of hydrogen-bond donors (Lipinski definition) is 2. The molecule has 0 fully saturated rings. The Hall–Kier alpha value is -2.17. The predicted octanol–water partition coefficient (Wildman–Crippen LogP) is 2.80. The molecule has 106 valence electrons. The van der Waals surface area contributed by atoms with E-state index in [1.165, 1.54) is 0 Å². The lowest BCUT2D eigenvalue weighted by Gasteiger charge is -2.29. The van der Waals surface area contributed by atoms with E-state index >= 15 is 0 Å². The van der Waals surface area contributed by atoms with Crippen LogP contribution in [0.3, 0.4) is 0 Å². The van der Waals surface area contributed by atoms with Crippen molar-refractivity contribution in [2.24, 2.45) is 10.7 Å². The minimum atomic E-state index is -0.999. The van der Waals surface area contributed by atoms with Gasteiger partial charge in [0.25, 0.3) is 0 Å². The van der Waals surface area contributed by atoms with E-state index in [2.05, 4.69) is 15.3 Å². The molecule has 0 amide bonds. The second kappa shape index (κ2) is 5.31. The summed E-state index contributed by atoms with van der Waals surface area (Å²) in [6.07, 6.45) is 3.58. The smallest absolute Gasteiger partial charge is 0.158 e. The number of hydrogen-bond acceptors (Lipinski definition) is 4. The lowest BCUT2D eigenvalue weighted by atomic mass is 9.98. The van der Waals surface area contributed by atoms with Crippen LogP contribution >= 0.6 is 11.6 Å². The van der Waals surface area contributed by atoms with Crippen LogP contribution in [0, 0.1) is 0 Å². The second-order valence-electron chi connectivity index (χ2n) is 4.93. The number of nitrogens with two attached hydrogens (primary N) is 1. The van der Waals surface area contributed by atoms with Gasteiger partial charge in [0.15, 0.2) is 11.5 Å². The molecule has 3 N–H and O–H groups in total. The Morgan fingerprint density at radius 1 is 1.14 bits per heavy atom. The maximum Gasteiger partial charge on any atom is 0.158 e. The highest BCUT2D eigenvalue weighted by Gasteiger charge is 2.30. The largest absolute Gasteiger partial charge is 0.343 e. The first-order chi connectivity index (χ1) is 10.1. The summed E-state index contributed by atoms with van der Waals surface area (Å²) < 4.78 is 0. The third-order valence-corrected chi connectivity index (χ3v) is 3.59. The van der Waals surface area contributed by atoms with Gasteiger partial charge in [-0.1, -0.05) is 35.9 Å². The number of halogens is 1. The van der Waals surface area contributed by atoms with Gasteiger partial charge in [0.2, 0.25) is 0 Å². The van der Waals surface area contributed by atoms with Crippen LogP contribution in [0.1, 0.15) is 18.2 Å². The summed E-state index contributed by atoms with van der Waals surface area (Å²) in [4.78, 5) is 8.93. The molecule has 0 bridgehead atoms. The van der Waals surface area contributed by atoms with Crippen LogP contribution in [0.15, 0.2) is 65.4 Å². The summed E-state index contributed by atoms with van der Waals surface area (Å²) in [6, 6.07) is 13.1. The van der Waals surface area contributed by atoms with E-state index in [1.807, 2.05) is 55.5 Å². The summed E-state index contributed by atoms with van der Waals surface area (Å²) in [7, 11) is 0. The molecule has 3 rings (SSSR count). The molecule has 1 atom stereocenters. The zero-order valence-corrected chi connectivity index (χ0v) is 12.3. The molecule has 5 heteroatoms. The first-order valence-electron chi connectivity index (χ1n) is 6.60. The number of amidine groups is 1. The zero-order chi connectivity index (χ0) is 14.9. The van der Waals surface area contributed by atoms with E-state index in [9.17, 15) is 0 Å². The minimum absolute atomic E-state index is 0.593. The topological polar surface area (TPSA) is 63.3 Å². The van der Waals surface area contributed by atoms with Crippen molar-refractivity contribution in [2.75, 3.05) is 0 Å². The van der Waals surface area contributed by atoms with Gasteiger partial charge < -0.3 is 5.32 Å². The Balaban J connectivity index is 2.11. The van der Waals surface area contributed by atoms with Gasteiger partial charge in [-0.25, -0.2) is 4.99 Å². The van der Waals surface area contributed by atoms with Gasteiger partial charge in [0.05, 0.1) is 0 Å². The monoisotopic (exact) mass is 298 g/mol. The molecule has 0 aliphatic carbocycles. The fourth-order valence-corrected chi connectivity index (χ4v) is 2.63. The van der Waals surface area contributed by atoms with Crippen molar-refractivity contribution >= 4 is 17.4 Å². The lowest BCUT2D eigenvalue weighted by molar-refractivity contribution is 0.575. The summed E-state index contributed by atoms with van der Waals surface area (Å²) in [6.45, 7) is 1.94. The van der Waals surface area contributed by atoms with Gasteiger partial charge in [0.1, 0.15) is 5.69 Å². The number of benzene rings is 1. The maximum absolute atomic E-state index is 6.48. The SMILES string of the molecule is CC1=CC(N)(c2ccccc2Cl)N=C(c2ccccn2)N1. The van der Waals surface area contributed by atoms with Gasteiger partial charge in [-0.15, -0.1) is 0 Å². The number of nitrogens with one attached hydrogen (secondary N) is 1. The highest BCUT2D eigenvalue weighted by molar-refractivity contribution is 6.31. The number of allylic oxidation sites excluding steroid dienone is 1. The van der Waals surface area contributed by atoms with Crippen molar-refractivity contribution in [3.63, 3.8) is 0 Å². The van der Waals surface area contributed by atoms with Crippen molar-refractivity contribution in [3.8, 4) is 0 Å². The number of rotatable bonds is 2. The highest BCUT2D eigenvalue weighted by Crippen LogP contribution is 2.31. The molecule has 1 aliphatic rings. The van der Waals surface area contributed by atoms with Crippen LogP contribution in [0.5, 0.6) is 0 Å². The van der Waals surface area contributed by atoms with E-state index in [0.29, 0.717) is 10.9 Å². The molecule has 1 aromatic heterocycles. The van der Waals surface area contributed by atoms with Crippen LogP contribution in [0.25, 0.3) is 0 Å². The predicted molar refractivity (Wildman–Crippen MR) is 85.0 cm³/mol. The van der Waals surface area contributed by atoms with Crippen LogP contribution < -0.4 is 11.1 Å². The number of aromatic nitrogens is 1. The number of nitrogens with zero attached hydrogens (tertiary/aromatic N) is 2. The highest BCUT2D eigenvalue weighted by atomic mass is 35.5. The zero-order valence-electron chi connectivity index (χ0n) is 11.5. The average Bonchev–Trinajstić information content (AvgIpc) is 2.47. The normalized spacial score (nSPS) is 21.3. The lowest BCUT2D eigenvalue weighted by Crippen LogP contribution is -2.41. The number of aliphatic imine (C=N–C) groups is 1. The molecule has 2 heterocycles. The summed E-state index contributed by atoms with van der Waals surface area (Å²) in [5, 5.41) is 3.80. The Bertz CT molecular complexity index is 724. The Morgan fingerprint density at radius 2 is 1.90 bits per heavy atom. The van der Waals surface area contributed by atoms with Crippen molar-refractivity contribution in [2.45, 2.75) is 12.6 Å². The van der Waals surface area contributed by atoms with Crippen molar-refractivity contribution in [1.29, 1.82) is 0 Å². The van der Waals surface area contributed by atoms with Gasteiger partial charge in [0, 0.05) is 22.5 Å². The van der Waals surface area contributed by atoms with Crippen molar-refractivity contribution in [3.05, 3.63) is 76.7 Å². The Kier molecular flexibility index (Phi) is 3.49. The van der Waals surface area contributed by atoms with Gasteiger partial charge in [-0.3, -0.25) is 10.7 Å². The Morgan fingerprint density at radius 3 is 2.62 bits per heavy atom. The van der Waals surface area contributed by atoms with Crippen LogP contribution in [0.4, 0.5) is 0 Å². The van der Waals surface area contributed by atoms with Gasteiger partial charge in [-0.05, 0) is 31.2 Å². The molecule has 2 aromatic rings. The fourth-order valence-electron chi connectivity index (χ4n) is 2.35. The van der Waals surface area contributed by atoms with E-state index in [-0.39, 0.29) is 0 Å². The van der Waals surface area contributed by atoms with Gasteiger partial charge in [-0.2, -0.15) is 0 Å². The van der Waals surface area contributed by atoms with E-state index < -0.39 is 5.66 Å². The van der Waals surface area contributed by atoms with Crippen LogP contribution in [-0.4, -0.2) is 10.8 Å². The first kappa shape index (κ1) is 13.8. The quantitative estimate of drug-likeness (QED) is 0.896. The van der Waals surface area contributed by atoms with E-state index in [0.717, 1.165) is 17.0 Å². The van der Waals surface area contributed by atoms with Crippen LogP contribution in [0.2, 0.25) is 5.02 Å². The molecule has 0 saturated carbocycles.